The third-order valence-electron chi connectivity index (χ3n) is 0.671. The van der Waals surface area contributed by atoms with Crippen LogP contribution >= 0.6 is 12.4 Å². The highest BCUT2D eigenvalue weighted by atomic mass is 35.5. The fraction of sp³-hybridized carbons (Fsp3) is 1.00. The SMILES string of the molecule is CCCN(C)C.Cl. The first kappa shape index (κ1) is 10.3. The summed E-state index contributed by atoms with van der Waals surface area (Å²) in [6, 6.07) is 0. The summed E-state index contributed by atoms with van der Waals surface area (Å²) in [6.45, 7) is 3.39. The van der Waals surface area contributed by atoms with Gasteiger partial charge in [0.25, 0.3) is 0 Å². The Morgan fingerprint density at radius 1 is 1.29 bits per heavy atom. The van der Waals surface area contributed by atoms with Crippen LogP contribution in [0.25, 0.3) is 0 Å². The van der Waals surface area contributed by atoms with E-state index in [1.165, 1.54) is 13.0 Å². The van der Waals surface area contributed by atoms with Gasteiger partial charge in [-0.3, -0.25) is 0 Å². The van der Waals surface area contributed by atoms with Crippen molar-refractivity contribution in [2.75, 3.05) is 20.6 Å². The van der Waals surface area contributed by atoms with E-state index in [-0.39, 0.29) is 12.4 Å². The van der Waals surface area contributed by atoms with E-state index in [2.05, 4.69) is 25.9 Å². The molecule has 0 aromatic carbocycles. The molecule has 7 heavy (non-hydrogen) atoms. The Hall–Kier alpha value is 0.250. The summed E-state index contributed by atoms with van der Waals surface area (Å²) >= 11 is 0. The molecule has 0 rings (SSSR count). The topological polar surface area (TPSA) is 3.24 Å². The van der Waals surface area contributed by atoms with Crippen LogP contribution in [0, 0.1) is 0 Å². The molecule has 0 fully saturated rings. The Labute approximate surface area is 52.1 Å². The van der Waals surface area contributed by atoms with E-state index in [4.69, 9.17) is 0 Å². The van der Waals surface area contributed by atoms with Gasteiger partial charge in [-0.2, -0.15) is 0 Å². The lowest BCUT2D eigenvalue weighted by atomic mass is 10.5. The van der Waals surface area contributed by atoms with Crippen molar-refractivity contribution >= 4 is 12.4 Å². The molecule has 0 aliphatic carbocycles. The molecule has 0 aromatic rings. The van der Waals surface area contributed by atoms with Gasteiger partial charge in [-0.25, -0.2) is 0 Å². The molecule has 0 unspecified atom stereocenters. The van der Waals surface area contributed by atoms with Gasteiger partial charge >= 0.3 is 0 Å². The van der Waals surface area contributed by atoms with E-state index in [9.17, 15) is 0 Å². The van der Waals surface area contributed by atoms with Crippen molar-refractivity contribution in [3.05, 3.63) is 0 Å². The highest BCUT2D eigenvalue weighted by Crippen LogP contribution is 1.76. The molecule has 0 saturated heterocycles. The van der Waals surface area contributed by atoms with Crippen LogP contribution in [0.15, 0.2) is 0 Å². The van der Waals surface area contributed by atoms with Crippen LogP contribution in [0.1, 0.15) is 13.3 Å². The summed E-state index contributed by atoms with van der Waals surface area (Å²) in [5, 5.41) is 0. The minimum absolute atomic E-state index is 0. The van der Waals surface area contributed by atoms with Crippen LogP contribution in [-0.2, 0) is 0 Å². The van der Waals surface area contributed by atoms with Gasteiger partial charge in [0.1, 0.15) is 0 Å². The molecule has 0 N–H and O–H groups in total. The van der Waals surface area contributed by atoms with Crippen molar-refractivity contribution in [3.63, 3.8) is 0 Å². The number of nitrogens with zero attached hydrogens (tertiary/aromatic N) is 1. The van der Waals surface area contributed by atoms with Crippen LogP contribution < -0.4 is 0 Å². The molecule has 1 nitrogen and oxygen atoms in total. The maximum absolute atomic E-state index is 2.18. The second-order valence-corrected chi connectivity index (χ2v) is 1.80. The first-order valence-electron chi connectivity index (χ1n) is 2.42. The van der Waals surface area contributed by atoms with Crippen LogP contribution in [0.3, 0.4) is 0 Å². The first-order chi connectivity index (χ1) is 2.77. The maximum atomic E-state index is 2.18. The molecule has 2 heteroatoms. The quantitative estimate of drug-likeness (QED) is 0.536. The summed E-state index contributed by atoms with van der Waals surface area (Å²) < 4.78 is 0. The lowest BCUT2D eigenvalue weighted by molar-refractivity contribution is 0.408. The van der Waals surface area contributed by atoms with E-state index in [0.717, 1.165) is 0 Å². The molecule has 0 aromatic heterocycles. The summed E-state index contributed by atoms with van der Waals surface area (Å²) in [5.74, 6) is 0. The number of hydrogen-bond donors (Lipinski definition) is 0. The molecule has 0 amide bonds. The predicted molar refractivity (Wildman–Crippen MR) is 36.1 cm³/mol. The van der Waals surface area contributed by atoms with Gasteiger partial charge < -0.3 is 4.90 Å². The largest absolute Gasteiger partial charge is 0.309 e. The minimum Gasteiger partial charge on any atom is -0.309 e. The van der Waals surface area contributed by atoms with Gasteiger partial charge in [0.15, 0.2) is 0 Å². The lowest BCUT2D eigenvalue weighted by Gasteiger charge is -2.03. The Kier molecular flexibility index (Phi) is 9.17. The van der Waals surface area contributed by atoms with Crippen molar-refractivity contribution in [3.8, 4) is 0 Å². The normalized spacial score (nSPS) is 8.57. The Morgan fingerprint density at radius 2 is 1.71 bits per heavy atom. The van der Waals surface area contributed by atoms with Crippen LogP contribution in [-0.4, -0.2) is 25.5 Å². The van der Waals surface area contributed by atoms with E-state index >= 15 is 0 Å². The second kappa shape index (κ2) is 6.25. The first-order valence-corrected chi connectivity index (χ1v) is 2.42. The summed E-state index contributed by atoms with van der Waals surface area (Å²) in [7, 11) is 4.17. The summed E-state index contributed by atoms with van der Waals surface area (Å²) in [5.41, 5.74) is 0. The van der Waals surface area contributed by atoms with E-state index in [1.54, 1.807) is 0 Å². The third-order valence-corrected chi connectivity index (χ3v) is 0.671. The minimum atomic E-state index is 0. The number of rotatable bonds is 2. The van der Waals surface area contributed by atoms with Gasteiger partial charge in [0, 0.05) is 0 Å². The summed E-state index contributed by atoms with van der Waals surface area (Å²) in [4.78, 5) is 2.18. The molecule has 46 valence electrons. The van der Waals surface area contributed by atoms with Crippen molar-refractivity contribution < 1.29 is 0 Å². The lowest BCUT2D eigenvalue weighted by Crippen LogP contribution is -2.11. The third kappa shape index (κ3) is 10.7. The fourth-order valence-corrected chi connectivity index (χ4v) is 0.447. The van der Waals surface area contributed by atoms with Crippen LogP contribution in [0.4, 0.5) is 0 Å². The van der Waals surface area contributed by atoms with Crippen LogP contribution in [0.2, 0.25) is 0 Å². The zero-order valence-corrected chi connectivity index (χ0v) is 6.09. The highest BCUT2D eigenvalue weighted by Gasteiger charge is 1.79. The Bertz CT molecular complexity index is 29.3. The molecule has 0 bridgehead atoms. The monoisotopic (exact) mass is 123 g/mol. The zero-order valence-electron chi connectivity index (χ0n) is 5.27. The molecule has 0 aliphatic rings. The van der Waals surface area contributed by atoms with Crippen molar-refractivity contribution in [2.45, 2.75) is 13.3 Å². The van der Waals surface area contributed by atoms with Crippen molar-refractivity contribution in [2.24, 2.45) is 0 Å². The van der Waals surface area contributed by atoms with Gasteiger partial charge in [0.2, 0.25) is 0 Å². The Balaban J connectivity index is 0. The average Bonchev–Trinajstić information content (AvgIpc) is 1.35. The van der Waals surface area contributed by atoms with Gasteiger partial charge in [-0.1, -0.05) is 6.92 Å². The zero-order chi connectivity index (χ0) is 4.99. The fourth-order valence-electron chi connectivity index (χ4n) is 0.447. The molecule has 0 atom stereocenters. The van der Waals surface area contributed by atoms with Crippen molar-refractivity contribution in [1.82, 2.24) is 4.90 Å². The van der Waals surface area contributed by atoms with Gasteiger partial charge in [0.05, 0.1) is 0 Å². The molecule has 0 spiro atoms. The highest BCUT2D eigenvalue weighted by molar-refractivity contribution is 5.85. The molecular formula is C5H14ClN. The van der Waals surface area contributed by atoms with Gasteiger partial charge in [-0.05, 0) is 27.1 Å². The Morgan fingerprint density at radius 3 is 1.71 bits per heavy atom. The number of hydrogen-bond acceptors (Lipinski definition) is 1. The second-order valence-electron chi connectivity index (χ2n) is 1.80. The standard InChI is InChI=1S/C5H13N.ClH/c1-4-5-6(2)3;/h4-5H2,1-3H3;1H. The average molecular weight is 124 g/mol. The van der Waals surface area contributed by atoms with E-state index < -0.39 is 0 Å². The van der Waals surface area contributed by atoms with E-state index in [0.29, 0.717) is 0 Å². The smallest absolute Gasteiger partial charge is 0.00275 e. The predicted octanol–water partition coefficient (Wildman–Crippen LogP) is 1.38. The molecule has 0 aliphatic heterocycles. The van der Waals surface area contributed by atoms with Gasteiger partial charge in [-0.15, -0.1) is 12.4 Å². The maximum Gasteiger partial charge on any atom is -0.00275 e. The molecule has 0 heterocycles. The molecule has 0 saturated carbocycles. The summed E-state index contributed by atoms with van der Waals surface area (Å²) in [6.07, 6.45) is 1.26. The molecular weight excluding hydrogens is 110 g/mol. The number of halogens is 1. The van der Waals surface area contributed by atoms with Crippen LogP contribution in [0.5, 0.6) is 0 Å². The van der Waals surface area contributed by atoms with Crippen molar-refractivity contribution in [1.29, 1.82) is 0 Å². The van der Waals surface area contributed by atoms with E-state index in [1.807, 2.05) is 0 Å². The molecule has 0 radical (unpaired) electrons.